The zero-order valence-electron chi connectivity index (χ0n) is 16.5. The molecule has 2 amide bonds. The average Bonchev–Trinajstić information content (AvgIpc) is 3.45. The Morgan fingerprint density at radius 1 is 1.21 bits per heavy atom. The Labute approximate surface area is 170 Å². The third-order valence-corrected chi connectivity index (χ3v) is 8.00. The molecule has 2 aromatic rings. The van der Waals surface area contributed by atoms with Crippen molar-refractivity contribution in [3.63, 3.8) is 0 Å². The van der Waals surface area contributed by atoms with Crippen LogP contribution < -0.4 is 10.1 Å². The van der Waals surface area contributed by atoms with Crippen molar-refractivity contribution in [1.82, 2.24) is 14.1 Å². The van der Waals surface area contributed by atoms with Gasteiger partial charge in [0.25, 0.3) is 0 Å². The number of aromatic nitrogens is 2. The van der Waals surface area contributed by atoms with E-state index in [0.29, 0.717) is 19.0 Å². The van der Waals surface area contributed by atoms with Gasteiger partial charge in [-0.15, -0.1) is 0 Å². The van der Waals surface area contributed by atoms with Crippen molar-refractivity contribution in [2.45, 2.75) is 56.4 Å². The summed E-state index contributed by atoms with van der Waals surface area (Å²) >= 11 is 0. The van der Waals surface area contributed by atoms with E-state index >= 15 is 0 Å². The number of nitrogens with one attached hydrogen (secondary N) is 2. The van der Waals surface area contributed by atoms with Crippen LogP contribution in [0.3, 0.4) is 0 Å². The van der Waals surface area contributed by atoms with Crippen molar-refractivity contribution in [1.29, 1.82) is 4.78 Å². The van der Waals surface area contributed by atoms with Crippen molar-refractivity contribution >= 4 is 21.6 Å². The number of carbonyl (C=O) groups is 1. The first-order valence-corrected chi connectivity index (χ1v) is 11.7. The summed E-state index contributed by atoms with van der Waals surface area (Å²) in [7, 11) is -2.17. The summed E-state index contributed by atoms with van der Waals surface area (Å²) in [5, 5.41) is 7.19. The predicted molar refractivity (Wildman–Crippen MR) is 109 cm³/mol. The molecule has 1 aromatic carbocycles. The molecule has 0 radical (unpaired) electrons. The summed E-state index contributed by atoms with van der Waals surface area (Å²) in [6.07, 6.45) is 8.35. The van der Waals surface area contributed by atoms with Crippen LogP contribution in [0.5, 0.6) is 5.88 Å². The summed E-state index contributed by atoms with van der Waals surface area (Å²) in [6.45, 7) is 1.15. The number of hydrogen-bond acceptors (Lipinski definition) is 5. The van der Waals surface area contributed by atoms with E-state index in [4.69, 9.17) is 9.52 Å². The Balaban J connectivity index is 1.46. The fourth-order valence-electron chi connectivity index (χ4n) is 4.65. The first-order valence-electron chi connectivity index (χ1n) is 10.2. The summed E-state index contributed by atoms with van der Waals surface area (Å²) < 4.78 is 30.0. The second kappa shape index (κ2) is 6.76. The molecule has 0 fully saturated rings. The number of amides is 2. The summed E-state index contributed by atoms with van der Waals surface area (Å²) in [6, 6.07) is 1.77. The van der Waals surface area contributed by atoms with Gasteiger partial charge >= 0.3 is 6.03 Å². The number of hydrogen-bond donors (Lipinski definition) is 2. The van der Waals surface area contributed by atoms with Crippen molar-refractivity contribution in [2.24, 2.45) is 0 Å². The minimum absolute atomic E-state index is 0.151. The Kier molecular flexibility index (Phi) is 4.31. The van der Waals surface area contributed by atoms with Gasteiger partial charge in [-0.25, -0.2) is 22.8 Å². The molecule has 1 aromatic heterocycles. The van der Waals surface area contributed by atoms with E-state index in [1.165, 1.54) is 35.5 Å². The smallest absolute Gasteiger partial charge is 0.334 e. The van der Waals surface area contributed by atoms with Crippen molar-refractivity contribution in [3.8, 4) is 5.88 Å². The van der Waals surface area contributed by atoms with Gasteiger partial charge in [0.2, 0.25) is 5.88 Å². The van der Waals surface area contributed by atoms with Gasteiger partial charge in [0, 0.05) is 25.7 Å². The molecule has 2 aliphatic carbocycles. The van der Waals surface area contributed by atoms with Gasteiger partial charge in [-0.2, -0.15) is 5.10 Å². The number of urea groups is 1. The molecular weight excluding hydrogens is 390 g/mol. The predicted octanol–water partition coefficient (Wildman–Crippen LogP) is 3.13. The number of benzene rings is 1. The van der Waals surface area contributed by atoms with E-state index in [0.717, 1.165) is 54.9 Å². The van der Waals surface area contributed by atoms with Crippen molar-refractivity contribution < 1.29 is 13.7 Å². The third kappa shape index (κ3) is 2.90. The van der Waals surface area contributed by atoms with Gasteiger partial charge in [-0.3, -0.25) is 0 Å². The number of ether oxygens (including phenoxy) is 1. The molecule has 0 saturated heterocycles. The number of rotatable bonds is 3. The van der Waals surface area contributed by atoms with Crippen LogP contribution >= 0.6 is 0 Å². The maximum atomic E-state index is 13.3. The summed E-state index contributed by atoms with van der Waals surface area (Å²) in [5.41, 5.74) is 5.92. The molecular formula is C20H25N5O3S. The first kappa shape index (κ1) is 18.5. The maximum Gasteiger partial charge on any atom is 0.334 e. The van der Waals surface area contributed by atoms with Gasteiger partial charge < -0.3 is 10.1 Å². The number of carbonyl (C=O) groups excluding carboxylic acids is 1. The lowest BCUT2D eigenvalue weighted by Crippen LogP contribution is -2.36. The SMILES string of the molecule is CN(C(=O)Nc1c2c(cc3c1CCC3)CCC2)S(=N)(=O)c1cnn2c1OCCC2. The Bertz CT molecular complexity index is 1070. The number of aryl methyl sites for hydroxylation is 3. The van der Waals surface area contributed by atoms with Crippen LogP contribution in [-0.2, 0) is 42.1 Å². The second-order valence-electron chi connectivity index (χ2n) is 7.93. The van der Waals surface area contributed by atoms with E-state index in [1.54, 1.807) is 4.68 Å². The summed E-state index contributed by atoms with van der Waals surface area (Å²) in [4.78, 5) is 13.2. The Hall–Kier alpha value is -2.55. The normalized spacial score (nSPS) is 18.9. The largest absolute Gasteiger partial charge is 0.477 e. The average molecular weight is 416 g/mol. The molecule has 8 nitrogen and oxygen atoms in total. The van der Waals surface area contributed by atoms with Crippen molar-refractivity contribution in [2.75, 3.05) is 19.0 Å². The molecule has 9 heteroatoms. The molecule has 154 valence electrons. The summed E-state index contributed by atoms with van der Waals surface area (Å²) in [5.74, 6) is 0.331. The third-order valence-electron chi connectivity index (χ3n) is 6.19. The number of fused-ring (bicyclic) bond motifs is 3. The second-order valence-corrected chi connectivity index (χ2v) is 9.97. The molecule has 3 aliphatic rings. The Morgan fingerprint density at radius 3 is 2.59 bits per heavy atom. The monoisotopic (exact) mass is 415 g/mol. The van der Waals surface area contributed by atoms with Crippen LogP contribution in [0, 0.1) is 4.78 Å². The minimum atomic E-state index is -3.57. The van der Waals surface area contributed by atoms with Crippen LogP contribution in [0.1, 0.15) is 41.5 Å². The van der Waals surface area contributed by atoms with Crippen LogP contribution in [0.25, 0.3) is 0 Å². The van der Waals surface area contributed by atoms with Crippen LogP contribution in [0.4, 0.5) is 10.5 Å². The van der Waals surface area contributed by atoms with E-state index in [-0.39, 0.29) is 4.90 Å². The molecule has 2 N–H and O–H groups in total. The highest BCUT2D eigenvalue weighted by Gasteiger charge is 2.32. The van der Waals surface area contributed by atoms with Crippen LogP contribution in [0.2, 0.25) is 0 Å². The van der Waals surface area contributed by atoms with Crippen LogP contribution in [0.15, 0.2) is 17.2 Å². The highest BCUT2D eigenvalue weighted by atomic mass is 32.2. The number of nitrogens with zero attached hydrogens (tertiary/aromatic N) is 3. The van der Waals surface area contributed by atoms with E-state index < -0.39 is 15.9 Å². The molecule has 29 heavy (non-hydrogen) atoms. The maximum absolute atomic E-state index is 13.3. The van der Waals surface area contributed by atoms with Gasteiger partial charge in [0.1, 0.15) is 4.90 Å². The molecule has 1 unspecified atom stereocenters. The lowest BCUT2D eigenvalue weighted by molar-refractivity contribution is 0.224. The molecule has 5 rings (SSSR count). The highest BCUT2D eigenvalue weighted by molar-refractivity contribution is 7.90. The lowest BCUT2D eigenvalue weighted by Gasteiger charge is -2.24. The van der Waals surface area contributed by atoms with E-state index in [1.807, 2.05) is 0 Å². The first-order chi connectivity index (χ1) is 14.0. The van der Waals surface area contributed by atoms with Gasteiger partial charge in [-0.05, 0) is 60.8 Å². The molecule has 0 bridgehead atoms. The van der Waals surface area contributed by atoms with Crippen LogP contribution in [-0.4, -0.2) is 38.0 Å². The zero-order chi connectivity index (χ0) is 20.2. The topological polar surface area (TPSA) is 100 Å². The molecule has 0 spiro atoms. The molecule has 1 atom stereocenters. The van der Waals surface area contributed by atoms with Gasteiger partial charge in [0.15, 0.2) is 9.92 Å². The number of anilines is 1. The molecule has 1 aliphatic heterocycles. The quantitative estimate of drug-likeness (QED) is 0.804. The van der Waals surface area contributed by atoms with Gasteiger partial charge in [-0.1, -0.05) is 6.07 Å². The fourth-order valence-corrected chi connectivity index (χ4v) is 5.82. The lowest BCUT2D eigenvalue weighted by atomic mass is 9.99. The van der Waals surface area contributed by atoms with E-state index in [2.05, 4.69) is 16.5 Å². The minimum Gasteiger partial charge on any atom is -0.477 e. The van der Waals surface area contributed by atoms with Crippen molar-refractivity contribution in [3.05, 3.63) is 34.5 Å². The fraction of sp³-hybridized carbons (Fsp3) is 0.500. The zero-order valence-corrected chi connectivity index (χ0v) is 17.3. The molecule has 0 saturated carbocycles. The standard InChI is InChI=1S/C20H25N5O3S/c1-24(29(21,27)17-12-22-25-9-4-10-28-19(17)25)20(26)23-18-15-7-2-5-13(15)11-14-6-3-8-16(14)18/h11-12,21H,2-10H2,1H3,(H,23,26). The van der Waals surface area contributed by atoms with E-state index in [9.17, 15) is 9.00 Å². The molecule has 2 heterocycles. The highest BCUT2D eigenvalue weighted by Crippen LogP contribution is 2.39. The Morgan fingerprint density at radius 2 is 1.90 bits per heavy atom. The van der Waals surface area contributed by atoms with Gasteiger partial charge in [0.05, 0.1) is 12.8 Å².